The number of ether oxygens (including phenoxy) is 1. The molecular formula is C26H25ClN2O5. The van der Waals surface area contributed by atoms with Crippen LogP contribution in [0.5, 0.6) is 5.75 Å². The molecule has 8 heteroatoms. The van der Waals surface area contributed by atoms with E-state index in [0.29, 0.717) is 17.1 Å². The lowest BCUT2D eigenvalue weighted by Crippen LogP contribution is -2.29. The average Bonchev–Trinajstić information content (AvgIpc) is 3.33. The Labute approximate surface area is 202 Å². The van der Waals surface area contributed by atoms with Crippen molar-refractivity contribution in [1.82, 2.24) is 5.16 Å². The van der Waals surface area contributed by atoms with Gasteiger partial charge in [-0.1, -0.05) is 61.8 Å². The molecule has 0 aliphatic carbocycles. The number of nitrogens with zero attached hydrogens (tertiary/aromatic N) is 2. The van der Waals surface area contributed by atoms with Crippen LogP contribution in [0.1, 0.15) is 49.3 Å². The van der Waals surface area contributed by atoms with Crippen LogP contribution in [0.3, 0.4) is 0 Å². The molecule has 0 bridgehead atoms. The van der Waals surface area contributed by atoms with Crippen LogP contribution in [0.25, 0.3) is 5.76 Å². The van der Waals surface area contributed by atoms with Gasteiger partial charge in [-0.25, -0.2) is 0 Å². The fourth-order valence-electron chi connectivity index (χ4n) is 3.99. The number of Topliss-reactive ketones (excluding diaryl/α,β-unsaturated/α-hetero) is 1. The lowest BCUT2D eigenvalue weighted by Gasteiger charge is -2.24. The van der Waals surface area contributed by atoms with E-state index in [-0.39, 0.29) is 33.2 Å². The molecule has 7 nitrogen and oxygen atoms in total. The van der Waals surface area contributed by atoms with Gasteiger partial charge in [0.25, 0.3) is 5.78 Å². The molecule has 2 aromatic carbocycles. The molecule has 1 unspecified atom stereocenters. The average molecular weight is 481 g/mol. The largest absolute Gasteiger partial charge is 0.507 e. The first-order valence-electron chi connectivity index (χ1n) is 10.7. The number of methoxy groups -OCH3 is 1. The number of anilines is 1. The zero-order valence-corrected chi connectivity index (χ0v) is 20.3. The Bertz CT molecular complexity index is 1300. The quantitative estimate of drug-likeness (QED) is 0.298. The summed E-state index contributed by atoms with van der Waals surface area (Å²) in [6.07, 6.45) is 0. The Kier molecular flexibility index (Phi) is 6.00. The number of carbonyl (C=O) groups is 2. The summed E-state index contributed by atoms with van der Waals surface area (Å²) in [5.41, 5.74) is 1.89. The van der Waals surface area contributed by atoms with Gasteiger partial charge in [0.05, 0.1) is 23.7 Å². The number of aliphatic hydroxyl groups is 1. The van der Waals surface area contributed by atoms with Crippen LogP contribution in [0.15, 0.2) is 58.6 Å². The Hall–Kier alpha value is -3.58. The van der Waals surface area contributed by atoms with Crippen molar-refractivity contribution in [3.8, 4) is 5.75 Å². The van der Waals surface area contributed by atoms with Crippen molar-refractivity contribution in [2.75, 3.05) is 12.0 Å². The van der Waals surface area contributed by atoms with Crippen molar-refractivity contribution < 1.29 is 24.0 Å². The zero-order chi connectivity index (χ0) is 24.8. The Morgan fingerprint density at radius 1 is 1.12 bits per heavy atom. The first-order valence-corrected chi connectivity index (χ1v) is 11.1. The summed E-state index contributed by atoms with van der Waals surface area (Å²) in [5, 5.41) is 15.4. The second-order valence-corrected chi connectivity index (χ2v) is 9.59. The van der Waals surface area contributed by atoms with Crippen LogP contribution >= 0.6 is 11.6 Å². The van der Waals surface area contributed by atoms with E-state index in [2.05, 4.69) is 25.9 Å². The highest BCUT2D eigenvalue weighted by molar-refractivity contribution is 6.51. The van der Waals surface area contributed by atoms with E-state index < -0.39 is 17.7 Å². The first kappa shape index (κ1) is 23.6. The van der Waals surface area contributed by atoms with Crippen molar-refractivity contribution >= 4 is 34.9 Å². The molecule has 1 fully saturated rings. The van der Waals surface area contributed by atoms with Gasteiger partial charge in [-0.2, -0.15) is 0 Å². The Morgan fingerprint density at radius 3 is 2.32 bits per heavy atom. The standard InChI is InChI=1S/C26H25ClN2O5/c1-14-12-20(28-34-14)29-22(15-6-9-17(10-7-15)26(2,3)4)21(24(31)25(29)32)23(30)16-8-11-19(33-5)18(27)13-16/h6-13,22,30H,1-5H3/b23-21+. The highest BCUT2D eigenvalue weighted by Gasteiger charge is 2.48. The summed E-state index contributed by atoms with van der Waals surface area (Å²) in [6.45, 7) is 7.98. The smallest absolute Gasteiger partial charge is 0.301 e. The number of hydrogen-bond donors (Lipinski definition) is 1. The van der Waals surface area contributed by atoms with E-state index in [0.717, 1.165) is 5.56 Å². The van der Waals surface area contributed by atoms with Crippen LogP contribution < -0.4 is 9.64 Å². The molecule has 0 saturated carbocycles. The Balaban J connectivity index is 1.91. The third kappa shape index (κ3) is 4.07. The number of aryl methyl sites for hydroxylation is 1. The van der Waals surface area contributed by atoms with Crippen molar-refractivity contribution in [3.05, 3.63) is 81.6 Å². The van der Waals surface area contributed by atoms with E-state index in [1.165, 1.54) is 18.1 Å². The molecule has 3 aromatic rings. The maximum absolute atomic E-state index is 13.2. The number of ketones is 1. The summed E-state index contributed by atoms with van der Waals surface area (Å²) in [7, 11) is 1.48. The van der Waals surface area contributed by atoms with Gasteiger partial charge in [-0.05, 0) is 41.7 Å². The minimum Gasteiger partial charge on any atom is -0.507 e. The van der Waals surface area contributed by atoms with Gasteiger partial charge in [0.15, 0.2) is 5.82 Å². The lowest BCUT2D eigenvalue weighted by atomic mass is 9.85. The van der Waals surface area contributed by atoms with Gasteiger partial charge < -0.3 is 14.4 Å². The van der Waals surface area contributed by atoms with Crippen LogP contribution in [-0.2, 0) is 15.0 Å². The SMILES string of the molecule is COc1ccc(/C(O)=C2\C(=O)C(=O)N(c3cc(C)on3)C2c2ccc(C(C)(C)C)cc2)cc1Cl. The second kappa shape index (κ2) is 8.65. The third-order valence-corrected chi connectivity index (χ3v) is 6.12. The van der Waals surface area contributed by atoms with E-state index in [9.17, 15) is 14.7 Å². The molecule has 0 radical (unpaired) electrons. The summed E-state index contributed by atoms with van der Waals surface area (Å²) in [5.74, 6) is -0.868. The summed E-state index contributed by atoms with van der Waals surface area (Å²) in [6, 6.07) is 12.9. The minimum atomic E-state index is -0.903. The van der Waals surface area contributed by atoms with Crippen molar-refractivity contribution in [2.24, 2.45) is 0 Å². The molecule has 1 aliphatic heterocycles. The predicted molar refractivity (Wildman–Crippen MR) is 129 cm³/mol. The lowest BCUT2D eigenvalue weighted by molar-refractivity contribution is -0.132. The fraction of sp³-hybridized carbons (Fsp3) is 0.269. The van der Waals surface area contributed by atoms with Crippen molar-refractivity contribution in [3.63, 3.8) is 0 Å². The molecule has 0 spiro atoms. The zero-order valence-electron chi connectivity index (χ0n) is 19.5. The molecule has 4 rings (SSSR count). The maximum Gasteiger partial charge on any atom is 0.301 e. The summed E-state index contributed by atoms with van der Waals surface area (Å²) in [4.78, 5) is 27.6. The normalized spacial score (nSPS) is 17.9. The predicted octanol–water partition coefficient (Wildman–Crippen LogP) is 5.57. The van der Waals surface area contributed by atoms with Gasteiger partial charge in [-0.15, -0.1) is 0 Å². The Morgan fingerprint density at radius 2 is 1.79 bits per heavy atom. The number of halogens is 1. The highest BCUT2D eigenvalue weighted by Crippen LogP contribution is 2.43. The second-order valence-electron chi connectivity index (χ2n) is 9.19. The van der Waals surface area contributed by atoms with Crippen LogP contribution in [-0.4, -0.2) is 29.1 Å². The van der Waals surface area contributed by atoms with E-state index in [1.54, 1.807) is 25.1 Å². The number of aliphatic hydroxyl groups excluding tert-OH is 1. The summed E-state index contributed by atoms with van der Waals surface area (Å²) >= 11 is 6.24. The van der Waals surface area contributed by atoms with Gasteiger partial charge in [-0.3, -0.25) is 14.5 Å². The van der Waals surface area contributed by atoms with Crippen LogP contribution in [0.4, 0.5) is 5.82 Å². The molecule has 1 amide bonds. The van der Waals surface area contributed by atoms with Crippen LogP contribution in [0.2, 0.25) is 5.02 Å². The maximum atomic E-state index is 13.2. The fourth-order valence-corrected chi connectivity index (χ4v) is 4.24. The van der Waals surface area contributed by atoms with E-state index >= 15 is 0 Å². The number of benzene rings is 2. The third-order valence-electron chi connectivity index (χ3n) is 5.82. The van der Waals surface area contributed by atoms with Crippen molar-refractivity contribution in [2.45, 2.75) is 39.2 Å². The molecule has 34 heavy (non-hydrogen) atoms. The number of carbonyl (C=O) groups excluding carboxylic acids is 2. The number of hydrogen-bond acceptors (Lipinski definition) is 6. The monoisotopic (exact) mass is 480 g/mol. The molecule has 176 valence electrons. The van der Waals surface area contributed by atoms with Gasteiger partial charge in [0.2, 0.25) is 0 Å². The molecule has 1 N–H and O–H groups in total. The first-order chi connectivity index (χ1) is 16.0. The molecule has 2 heterocycles. The van der Waals surface area contributed by atoms with E-state index in [4.69, 9.17) is 20.9 Å². The van der Waals surface area contributed by atoms with Gasteiger partial charge >= 0.3 is 5.91 Å². The highest BCUT2D eigenvalue weighted by atomic mass is 35.5. The molecular weight excluding hydrogens is 456 g/mol. The molecule has 1 saturated heterocycles. The summed E-state index contributed by atoms with van der Waals surface area (Å²) < 4.78 is 10.3. The van der Waals surface area contributed by atoms with Crippen molar-refractivity contribution in [1.29, 1.82) is 0 Å². The molecule has 1 aromatic heterocycles. The topological polar surface area (TPSA) is 92.9 Å². The van der Waals surface area contributed by atoms with Gasteiger partial charge in [0, 0.05) is 11.6 Å². The number of rotatable bonds is 4. The molecule has 1 aliphatic rings. The van der Waals surface area contributed by atoms with E-state index in [1.807, 2.05) is 24.3 Å². The molecule has 1 atom stereocenters. The number of amides is 1. The van der Waals surface area contributed by atoms with Crippen LogP contribution in [0, 0.1) is 6.92 Å². The minimum absolute atomic E-state index is 0.0598. The number of aromatic nitrogens is 1. The van der Waals surface area contributed by atoms with Gasteiger partial charge in [0.1, 0.15) is 17.3 Å².